The van der Waals surface area contributed by atoms with Crippen molar-refractivity contribution in [2.75, 3.05) is 7.05 Å². The average molecular weight is 510 g/mol. The summed E-state index contributed by atoms with van der Waals surface area (Å²) in [6, 6.07) is 17.5. The molecular weight excluding hydrogens is 483 g/mol. The van der Waals surface area contributed by atoms with Crippen LogP contribution in [0.3, 0.4) is 0 Å². The van der Waals surface area contributed by atoms with Gasteiger partial charge in [-0.05, 0) is 60.8 Å². The lowest BCUT2D eigenvalue weighted by atomic mass is 9.94. The number of carboxylic acid groups (broad SMARTS) is 1. The molecule has 0 aliphatic carbocycles. The molecule has 1 aromatic heterocycles. The lowest BCUT2D eigenvalue weighted by Gasteiger charge is -2.23. The second-order valence-corrected chi connectivity index (χ2v) is 8.87. The van der Waals surface area contributed by atoms with Gasteiger partial charge < -0.3 is 9.63 Å². The summed E-state index contributed by atoms with van der Waals surface area (Å²) in [5, 5.41) is 13.4. The largest absolute Gasteiger partial charge is 0.480 e. The Bertz CT molecular complexity index is 1420. The summed E-state index contributed by atoms with van der Waals surface area (Å²) in [5.41, 5.74) is 2.14. The Morgan fingerprint density at radius 2 is 1.78 bits per heavy atom. The highest BCUT2D eigenvalue weighted by atomic mass is 19.4. The average Bonchev–Trinajstić information content (AvgIpc) is 3.34. The fourth-order valence-corrected chi connectivity index (χ4v) is 4.36. The molecule has 1 atom stereocenters. The number of alkyl halides is 3. The van der Waals surface area contributed by atoms with Crippen molar-refractivity contribution >= 4 is 5.97 Å². The van der Waals surface area contributed by atoms with Gasteiger partial charge in [0.1, 0.15) is 6.04 Å². The molecular formula is C28H26F3N3O3. The smallest absolute Gasteiger partial charge is 0.417 e. The van der Waals surface area contributed by atoms with Gasteiger partial charge in [-0.25, -0.2) is 0 Å². The summed E-state index contributed by atoms with van der Waals surface area (Å²) in [6.07, 6.45) is -4.12. The van der Waals surface area contributed by atoms with Gasteiger partial charge in [0.2, 0.25) is 5.82 Å². The molecule has 0 aliphatic heterocycles. The number of aryl methyl sites for hydroxylation is 1. The molecule has 0 spiro atoms. The topological polar surface area (TPSA) is 79.5 Å². The van der Waals surface area contributed by atoms with Crippen molar-refractivity contribution in [3.8, 4) is 34.0 Å². The third kappa shape index (κ3) is 5.72. The summed E-state index contributed by atoms with van der Waals surface area (Å²) in [4.78, 5) is 17.5. The predicted octanol–water partition coefficient (Wildman–Crippen LogP) is 6.69. The maximum Gasteiger partial charge on any atom is 0.417 e. The first-order valence-corrected chi connectivity index (χ1v) is 11.7. The summed E-state index contributed by atoms with van der Waals surface area (Å²) in [5.74, 6) is -0.701. The molecule has 1 heterocycles. The summed E-state index contributed by atoms with van der Waals surface area (Å²) < 4.78 is 47.3. The van der Waals surface area contributed by atoms with Crippen LogP contribution >= 0.6 is 0 Å². The number of carboxylic acids is 1. The van der Waals surface area contributed by atoms with E-state index in [0.29, 0.717) is 24.1 Å². The number of benzene rings is 3. The zero-order chi connectivity index (χ0) is 26.7. The number of halogens is 3. The molecule has 0 saturated carbocycles. The minimum Gasteiger partial charge on any atom is -0.480 e. The fraction of sp³-hybridized carbons (Fsp3) is 0.250. The Kier molecular flexibility index (Phi) is 7.45. The quantitative estimate of drug-likeness (QED) is 0.285. The van der Waals surface area contributed by atoms with E-state index in [1.54, 1.807) is 55.3 Å². The van der Waals surface area contributed by atoms with Crippen molar-refractivity contribution < 1.29 is 27.6 Å². The van der Waals surface area contributed by atoms with E-state index < -0.39 is 23.8 Å². The van der Waals surface area contributed by atoms with E-state index in [0.717, 1.165) is 17.2 Å². The van der Waals surface area contributed by atoms with Gasteiger partial charge in [0.15, 0.2) is 0 Å². The van der Waals surface area contributed by atoms with Crippen LogP contribution in [0, 0.1) is 6.92 Å². The highest BCUT2D eigenvalue weighted by Crippen LogP contribution is 2.40. The Morgan fingerprint density at radius 1 is 1.03 bits per heavy atom. The number of hydrogen-bond acceptors (Lipinski definition) is 5. The molecule has 0 amide bonds. The number of aliphatic carboxylic acids is 1. The number of rotatable bonds is 8. The minimum absolute atomic E-state index is 0.0312. The Labute approximate surface area is 212 Å². The molecule has 0 aliphatic rings. The molecule has 9 heteroatoms. The number of aromatic nitrogens is 2. The van der Waals surface area contributed by atoms with Gasteiger partial charge in [0.25, 0.3) is 5.89 Å². The normalized spacial score (nSPS) is 12.6. The van der Waals surface area contributed by atoms with Gasteiger partial charge >= 0.3 is 12.1 Å². The van der Waals surface area contributed by atoms with E-state index in [-0.39, 0.29) is 22.8 Å². The number of likely N-dealkylation sites (N-methyl/N-ethyl adjacent to an activating group) is 1. The van der Waals surface area contributed by atoms with Crippen LogP contribution in [0.2, 0.25) is 0 Å². The van der Waals surface area contributed by atoms with Crippen LogP contribution in [0.25, 0.3) is 34.0 Å². The number of hydrogen-bond donors (Lipinski definition) is 1. The second-order valence-electron chi connectivity index (χ2n) is 8.87. The molecule has 1 N–H and O–H groups in total. The van der Waals surface area contributed by atoms with E-state index in [2.05, 4.69) is 10.1 Å². The lowest BCUT2D eigenvalue weighted by molar-refractivity contribution is -0.143. The molecule has 0 radical (unpaired) electrons. The van der Waals surface area contributed by atoms with Crippen LogP contribution in [0.15, 0.2) is 71.3 Å². The van der Waals surface area contributed by atoms with Crippen LogP contribution in [0.1, 0.15) is 30.0 Å². The monoisotopic (exact) mass is 509 g/mol. The number of carbonyl (C=O) groups is 1. The van der Waals surface area contributed by atoms with Gasteiger partial charge in [-0.2, -0.15) is 18.2 Å². The molecule has 3 aromatic carbocycles. The standard InChI is InChI=1S/C28H26F3N3O3/c1-4-24(27(35)36)34(3)16-18-9-7-10-19(14-18)25-32-26(37-33-25)20-12-13-22(23(15-20)28(29,30)31)21-11-6-5-8-17(21)2/h5-15,24H,4,16H2,1-3H3,(H,35,36). The first-order chi connectivity index (χ1) is 17.6. The van der Waals surface area contributed by atoms with E-state index in [1.165, 1.54) is 12.1 Å². The molecule has 4 aromatic rings. The molecule has 0 saturated heterocycles. The lowest BCUT2D eigenvalue weighted by Crippen LogP contribution is -2.37. The maximum atomic E-state index is 14.0. The van der Waals surface area contributed by atoms with E-state index in [9.17, 15) is 23.1 Å². The zero-order valence-corrected chi connectivity index (χ0v) is 20.6. The Balaban J connectivity index is 1.64. The van der Waals surface area contributed by atoms with Crippen LogP contribution in [0.4, 0.5) is 13.2 Å². The van der Waals surface area contributed by atoms with Crippen molar-refractivity contribution in [1.82, 2.24) is 15.0 Å². The van der Waals surface area contributed by atoms with Crippen molar-refractivity contribution in [3.05, 3.63) is 83.4 Å². The van der Waals surface area contributed by atoms with Crippen molar-refractivity contribution in [1.29, 1.82) is 0 Å². The third-order valence-corrected chi connectivity index (χ3v) is 6.25. The molecule has 0 bridgehead atoms. The minimum atomic E-state index is -4.58. The van der Waals surface area contributed by atoms with Crippen molar-refractivity contribution in [2.24, 2.45) is 0 Å². The van der Waals surface area contributed by atoms with Crippen molar-refractivity contribution in [2.45, 2.75) is 39.0 Å². The van der Waals surface area contributed by atoms with Gasteiger partial charge in [0, 0.05) is 17.7 Å². The van der Waals surface area contributed by atoms with Gasteiger partial charge in [-0.3, -0.25) is 9.69 Å². The molecule has 37 heavy (non-hydrogen) atoms. The molecule has 0 fully saturated rings. The number of nitrogens with zero attached hydrogens (tertiary/aromatic N) is 3. The van der Waals surface area contributed by atoms with Crippen molar-refractivity contribution in [3.63, 3.8) is 0 Å². The summed E-state index contributed by atoms with van der Waals surface area (Å²) >= 11 is 0. The maximum absolute atomic E-state index is 14.0. The van der Waals surface area contributed by atoms with Gasteiger partial charge in [0.05, 0.1) is 5.56 Å². The molecule has 1 unspecified atom stereocenters. The highest BCUT2D eigenvalue weighted by molar-refractivity contribution is 5.75. The fourth-order valence-electron chi connectivity index (χ4n) is 4.36. The van der Waals surface area contributed by atoms with Crippen LogP contribution < -0.4 is 0 Å². The predicted molar refractivity (Wildman–Crippen MR) is 134 cm³/mol. The molecule has 192 valence electrons. The van der Waals surface area contributed by atoms with Gasteiger partial charge in [-0.1, -0.05) is 60.6 Å². The summed E-state index contributed by atoms with van der Waals surface area (Å²) in [6.45, 7) is 3.96. The van der Waals surface area contributed by atoms with E-state index >= 15 is 0 Å². The van der Waals surface area contributed by atoms with E-state index in [4.69, 9.17) is 4.52 Å². The zero-order valence-electron chi connectivity index (χ0n) is 20.6. The highest BCUT2D eigenvalue weighted by Gasteiger charge is 2.34. The molecule has 4 rings (SSSR count). The Morgan fingerprint density at radius 3 is 2.46 bits per heavy atom. The summed E-state index contributed by atoms with van der Waals surface area (Å²) in [7, 11) is 1.74. The Hall–Kier alpha value is -3.98. The first-order valence-electron chi connectivity index (χ1n) is 11.7. The van der Waals surface area contributed by atoms with Crippen LogP contribution in [0.5, 0.6) is 0 Å². The second kappa shape index (κ2) is 10.6. The first kappa shape index (κ1) is 26.1. The van der Waals surface area contributed by atoms with Crippen LogP contribution in [-0.4, -0.2) is 39.2 Å². The van der Waals surface area contributed by atoms with E-state index in [1.807, 2.05) is 19.1 Å². The SMILES string of the molecule is CCC(C(=O)O)N(C)Cc1cccc(-c2noc(-c3ccc(-c4ccccc4C)c(C(F)(F)F)c3)n2)c1. The molecule has 6 nitrogen and oxygen atoms in total. The van der Waals surface area contributed by atoms with Crippen LogP contribution in [-0.2, 0) is 17.5 Å². The van der Waals surface area contributed by atoms with Gasteiger partial charge in [-0.15, -0.1) is 0 Å². The third-order valence-electron chi connectivity index (χ3n) is 6.25.